The number of nitrogens with zero attached hydrogens (tertiary/aromatic N) is 2. The first-order valence-corrected chi connectivity index (χ1v) is 9.34. The van der Waals surface area contributed by atoms with Crippen LogP contribution in [-0.2, 0) is 11.3 Å². The molecule has 2 aromatic heterocycles. The van der Waals surface area contributed by atoms with Gasteiger partial charge < -0.3 is 10.6 Å². The first-order valence-electron chi connectivity index (χ1n) is 7.58. The van der Waals surface area contributed by atoms with Crippen molar-refractivity contribution in [1.29, 1.82) is 0 Å². The van der Waals surface area contributed by atoms with Crippen LogP contribution in [-0.4, -0.2) is 28.2 Å². The summed E-state index contributed by atoms with van der Waals surface area (Å²) in [5.41, 5.74) is 0.866. The monoisotopic (exact) mass is 358 g/mol. The third-order valence-electron chi connectivity index (χ3n) is 3.49. The van der Waals surface area contributed by atoms with Gasteiger partial charge in [-0.25, -0.2) is 9.97 Å². The second kappa shape index (κ2) is 7.63. The number of thioether (sulfide) groups is 1. The van der Waals surface area contributed by atoms with Crippen LogP contribution in [0.4, 0.5) is 5.82 Å². The number of rotatable bonds is 6. The molecule has 0 fully saturated rings. The molecular weight excluding hydrogens is 340 g/mol. The Kier molecular flexibility index (Phi) is 5.32. The number of amides is 1. The topological polar surface area (TPSA) is 66.9 Å². The highest BCUT2D eigenvalue weighted by molar-refractivity contribution is 8.00. The van der Waals surface area contributed by atoms with E-state index in [9.17, 15) is 4.79 Å². The molecule has 3 aromatic rings. The van der Waals surface area contributed by atoms with Crippen LogP contribution in [0.1, 0.15) is 11.8 Å². The van der Waals surface area contributed by atoms with Crippen LogP contribution in [0, 0.1) is 0 Å². The number of hydrogen-bond donors (Lipinski definition) is 2. The quantitative estimate of drug-likeness (QED) is 0.521. The standard InChI is InChI=1S/C17H18N4OS2/c1-11(16(22)19-10-12-6-5-9-23-12)24-17-20-14-8-4-3-7-13(14)15(18-2)21-17/h3-9,11H,10H2,1-2H3,(H,19,22)(H,18,20,21)/t11-/m0/s1. The van der Waals surface area contributed by atoms with Gasteiger partial charge in [-0.2, -0.15) is 0 Å². The number of benzene rings is 1. The van der Waals surface area contributed by atoms with E-state index in [1.54, 1.807) is 11.3 Å². The van der Waals surface area contributed by atoms with Crippen molar-refractivity contribution in [3.05, 3.63) is 46.7 Å². The highest BCUT2D eigenvalue weighted by Crippen LogP contribution is 2.26. The Labute approximate surface area is 148 Å². The lowest BCUT2D eigenvalue weighted by atomic mass is 10.2. The minimum atomic E-state index is -0.268. The number of carbonyl (C=O) groups is 1. The van der Waals surface area contributed by atoms with E-state index in [0.29, 0.717) is 11.7 Å². The van der Waals surface area contributed by atoms with Crippen LogP contribution in [0.5, 0.6) is 0 Å². The summed E-state index contributed by atoms with van der Waals surface area (Å²) in [6.45, 7) is 2.42. The molecule has 0 aliphatic heterocycles. The van der Waals surface area contributed by atoms with Gasteiger partial charge >= 0.3 is 0 Å². The van der Waals surface area contributed by atoms with E-state index in [-0.39, 0.29) is 11.2 Å². The molecule has 2 heterocycles. The van der Waals surface area contributed by atoms with E-state index >= 15 is 0 Å². The van der Waals surface area contributed by atoms with Crippen molar-refractivity contribution in [2.45, 2.75) is 23.9 Å². The van der Waals surface area contributed by atoms with Crippen molar-refractivity contribution in [3.63, 3.8) is 0 Å². The van der Waals surface area contributed by atoms with Crippen LogP contribution in [0.3, 0.4) is 0 Å². The second-order valence-electron chi connectivity index (χ2n) is 5.18. The Hall–Kier alpha value is -2.12. The van der Waals surface area contributed by atoms with Gasteiger partial charge in [0.2, 0.25) is 5.91 Å². The molecule has 1 atom stereocenters. The minimum absolute atomic E-state index is 0.0174. The second-order valence-corrected chi connectivity index (χ2v) is 7.52. The molecule has 124 valence electrons. The number of para-hydroxylation sites is 1. The van der Waals surface area contributed by atoms with E-state index in [1.807, 2.05) is 55.7 Å². The fourth-order valence-electron chi connectivity index (χ4n) is 2.24. The molecular formula is C17H18N4OS2. The van der Waals surface area contributed by atoms with Gasteiger partial charge in [-0.1, -0.05) is 30.0 Å². The summed E-state index contributed by atoms with van der Waals surface area (Å²) in [7, 11) is 1.83. The molecule has 0 radical (unpaired) electrons. The smallest absolute Gasteiger partial charge is 0.233 e. The van der Waals surface area contributed by atoms with Crippen LogP contribution >= 0.6 is 23.1 Å². The SMILES string of the molecule is CNc1nc(S[C@@H](C)C(=O)NCc2cccs2)nc2ccccc12. The Balaban J connectivity index is 1.70. The van der Waals surface area contributed by atoms with Crippen LogP contribution in [0.2, 0.25) is 0 Å². The Bertz CT molecular complexity index is 836. The lowest BCUT2D eigenvalue weighted by Crippen LogP contribution is -2.30. The van der Waals surface area contributed by atoms with Gasteiger partial charge in [0.25, 0.3) is 0 Å². The summed E-state index contributed by atoms with van der Waals surface area (Å²) < 4.78 is 0. The number of hydrogen-bond acceptors (Lipinski definition) is 6. The number of anilines is 1. The highest BCUT2D eigenvalue weighted by atomic mass is 32.2. The zero-order valence-corrected chi connectivity index (χ0v) is 15.1. The van der Waals surface area contributed by atoms with Gasteiger partial charge in [-0.3, -0.25) is 4.79 Å². The minimum Gasteiger partial charge on any atom is -0.372 e. The summed E-state index contributed by atoms with van der Waals surface area (Å²) in [4.78, 5) is 22.5. The number of carbonyl (C=O) groups excluding carboxylic acids is 1. The molecule has 1 amide bonds. The predicted octanol–water partition coefficient (Wildman–Crippen LogP) is 3.53. The normalized spacial score (nSPS) is 12.1. The van der Waals surface area contributed by atoms with E-state index in [2.05, 4.69) is 20.6 Å². The average molecular weight is 358 g/mol. The van der Waals surface area contributed by atoms with Crippen molar-refractivity contribution in [2.75, 3.05) is 12.4 Å². The molecule has 0 aliphatic carbocycles. The summed E-state index contributed by atoms with van der Waals surface area (Å²) in [5, 5.41) is 9.34. The molecule has 0 saturated heterocycles. The van der Waals surface area contributed by atoms with E-state index in [1.165, 1.54) is 11.8 Å². The molecule has 0 bridgehead atoms. The lowest BCUT2D eigenvalue weighted by molar-refractivity contribution is -0.120. The number of nitrogens with one attached hydrogen (secondary N) is 2. The summed E-state index contributed by atoms with van der Waals surface area (Å²) >= 11 is 2.99. The molecule has 5 nitrogen and oxygen atoms in total. The van der Waals surface area contributed by atoms with Crippen molar-refractivity contribution < 1.29 is 4.79 Å². The fraction of sp³-hybridized carbons (Fsp3) is 0.235. The van der Waals surface area contributed by atoms with Gasteiger partial charge in [0.15, 0.2) is 5.16 Å². The Morgan fingerprint density at radius 2 is 2.08 bits per heavy atom. The largest absolute Gasteiger partial charge is 0.372 e. The summed E-state index contributed by atoms with van der Waals surface area (Å²) in [6.07, 6.45) is 0. The first-order chi connectivity index (χ1) is 11.7. The van der Waals surface area contributed by atoms with Crippen LogP contribution in [0.15, 0.2) is 46.9 Å². The van der Waals surface area contributed by atoms with Gasteiger partial charge in [0, 0.05) is 17.3 Å². The number of thiophene rings is 1. The molecule has 3 rings (SSSR count). The number of aromatic nitrogens is 2. The van der Waals surface area contributed by atoms with Gasteiger partial charge in [0.05, 0.1) is 17.3 Å². The van der Waals surface area contributed by atoms with Crippen LogP contribution < -0.4 is 10.6 Å². The first kappa shape index (κ1) is 16.7. The summed E-state index contributed by atoms with van der Waals surface area (Å²) in [5.74, 6) is 0.755. The van der Waals surface area contributed by atoms with Crippen LogP contribution in [0.25, 0.3) is 10.9 Å². The molecule has 7 heteroatoms. The molecule has 0 saturated carbocycles. The van der Waals surface area contributed by atoms with Gasteiger partial charge in [-0.15, -0.1) is 11.3 Å². The maximum atomic E-state index is 12.3. The average Bonchev–Trinajstić information content (AvgIpc) is 3.12. The van der Waals surface area contributed by atoms with Gasteiger partial charge in [-0.05, 0) is 30.5 Å². The summed E-state index contributed by atoms with van der Waals surface area (Å²) in [6, 6.07) is 11.8. The molecule has 0 spiro atoms. The fourth-order valence-corrected chi connectivity index (χ4v) is 3.69. The van der Waals surface area contributed by atoms with Crippen molar-refractivity contribution in [1.82, 2.24) is 15.3 Å². The predicted molar refractivity (Wildman–Crippen MR) is 101 cm³/mol. The Morgan fingerprint density at radius 1 is 1.25 bits per heavy atom. The van der Waals surface area contributed by atoms with Crippen molar-refractivity contribution in [3.8, 4) is 0 Å². The maximum Gasteiger partial charge on any atom is 0.233 e. The molecule has 2 N–H and O–H groups in total. The third kappa shape index (κ3) is 3.85. The molecule has 0 aliphatic rings. The zero-order valence-electron chi connectivity index (χ0n) is 13.4. The zero-order chi connectivity index (χ0) is 16.9. The van der Waals surface area contributed by atoms with Crippen molar-refractivity contribution >= 4 is 45.7 Å². The molecule has 24 heavy (non-hydrogen) atoms. The molecule has 1 aromatic carbocycles. The number of fused-ring (bicyclic) bond motifs is 1. The van der Waals surface area contributed by atoms with Gasteiger partial charge in [0.1, 0.15) is 5.82 Å². The maximum absolute atomic E-state index is 12.3. The van der Waals surface area contributed by atoms with Crippen molar-refractivity contribution in [2.24, 2.45) is 0 Å². The molecule has 0 unspecified atom stereocenters. The third-order valence-corrected chi connectivity index (χ3v) is 5.33. The van der Waals surface area contributed by atoms with E-state index < -0.39 is 0 Å². The lowest BCUT2D eigenvalue weighted by Gasteiger charge is -2.12. The van der Waals surface area contributed by atoms with E-state index in [0.717, 1.165) is 21.6 Å². The highest BCUT2D eigenvalue weighted by Gasteiger charge is 2.17. The Morgan fingerprint density at radius 3 is 2.83 bits per heavy atom. The van der Waals surface area contributed by atoms with E-state index in [4.69, 9.17) is 0 Å².